The van der Waals surface area contributed by atoms with Gasteiger partial charge in [-0.1, -0.05) is 29.8 Å². The molecule has 2 aliphatic rings. The lowest BCUT2D eigenvalue weighted by molar-refractivity contribution is -0.129. The van der Waals surface area contributed by atoms with Gasteiger partial charge in [0.25, 0.3) is 5.91 Å². The van der Waals surface area contributed by atoms with E-state index >= 15 is 0 Å². The molecule has 2 aromatic rings. The highest BCUT2D eigenvalue weighted by molar-refractivity contribution is 6.30. The smallest absolute Gasteiger partial charge is 0.290 e. The first-order chi connectivity index (χ1) is 15.5. The van der Waals surface area contributed by atoms with Crippen molar-refractivity contribution in [1.29, 1.82) is 0 Å². The van der Waals surface area contributed by atoms with E-state index in [-0.39, 0.29) is 23.2 Å². The lowest BCUT2D eigenvalue weighted by Gasteiger charge is -2.30. The molecular formula is C24H24ClFN2O4. The molecule has 0 radical (unpaired) electrons. The Morgan fingerprint density at radius 3 is 2.47 bits per heavy atom. The number of Topliss-reactive ketones (excluding diaryl/α,β-unsaturated/α-hetero) is 1. The van der Waals surface area contributed by atoms with Crippen molar-refractivity contribution in [3.63, 3.8) is 0 Å². The van der Waals surface area contributed by atoms with Crippen LogP contribution in [-0.4, -0.2) is 66.0 Å². The maximum atomic E-state index is 14.8. The molecule has 1 saturated heterocycles. The SMILES string of the molecule is O=C(C1=C(O)C(=O)N(CCCN2CCOCC2)C1c1ccccc1F)c1ccc(Cl)cc1. The minimum absolute atomic E-state index is 0.117. The molecule has 2 aromatic carbocycles. The Morgan fingerprint density at radius 2 is 1.78 bits per heavy atom. The predicted octanol–water partition coefficient (Wildman–Crippen LogP) is 3.78. The third-order valence-electron chi connectivity index (χ3n) is 5.83. The molecule has 2 heterocycles. The van der Waals surface area contributed by atoms with Crippen molar-refractivity contribution in [2.45, 2.75) is 12.5 Å². The summed E-state index contributed by atoms with van der Waals surface area (Å²) < 4.78 is 20.1. The number of benzene rings is 2. The van der Waals surface area contributed by atoms with Crippen molar-refractivity contribution in [2.24, 2.45) is 0 Å². The average molecular weight is 459 g/mol. The van der Waals surface area contributed by atoms with Crippen LogP contribution in [0, 0.1) is 5.82 Å². The largest absolute Gasteiger partial charge is 0.503 e. The zero-order chi connectivity index (χ0) is 22.7. The van der Waals surface area contributed by atoms with Gasteiger partial charge in [-0.3, -0.25) is 14.5 Å². The molecule has 1 fully saturated rings. The fourth-order valence-corrected chi connectivity index (χ4v) is 4.31. The van der Waals surface area contributed by atoms with Gasteiger partial charge < -0.3 is 14.7 Å². The molecule has 1 amide bonds. The summed E-state index contributed by atoms with van der Waals surface area (Å²) in [5.74, 6) is -2.38. The number of rotatable bonds is 7. The first-order valence-corrected chi connectivity index (χ1v) is 10.9. The maximum Gasteiger partial charge on any atom is 0.290 e. The summed E-state index contributed by atoms with van der Waals surface area (Å²) in [7, 11) is 0. The summed E-state index contributed by atoms with van der Waals surface area (Å²) in [5.41, 5.74) is 0.322. The highest BCUT2D eigenvalue weighted by Crippen LogP contribution is 2.40. The van der Waals surface area contributed by atoms with E-state index < -0.39 is 29.3 Å². The topological polar surface area (TPSA) is 70.1 Å². The van der Waals surface area contributed by atoms with Gasteiger partial charge in [0.05, 0.1) is 24.8 Å². The van der Waals surface area contributed by atoms with E-state index in [0.717, 1.165) is 19.6 Å². The second-order valence-corrected chi connectivity index (χ2v) is 8.26. The highest BCUT2D eigenvalue weighted by Gasteiger charge is 2.44. The van der Waals surface area contributed by atoms with Crippen LogP contribution in [0.3, 0.4) is 0 Å². The van der Waals surface area contributed by atoms with Gasteiger partial charge in [0.1, 0.15) is 5.82 Å². The number of halogens is 2. The van der Waals surface area contributed by atoms with Crippen LogP contribution < -0.4 is 0 Å². The second-order valence-electron chi connectivity index (χ2n) is 7.83. The van der Waals surface area contributed by atoms with Crippen molar-refractivity contribution in [3.8, 4) is 0 Å². The molecule has 0 aliphatic carbocycles. The molecule has 1 N–H and O–H groups in total. The molecular weight excluding hydrogens is 435 g/mol. The van der Waals surface area contributed by atoms with Crippen molar-refractivity contribution < 1.29 is 23.8 Å². The standard InChI is InChI=1S/C24H24ClFN2O4/c25-17-8-6-16(7-9-17)22(29)20-21(18-4-1-2-5-19(18)26)28(24(31)23(20)30)11-3-10-27-12-14-32-15-13-27/h1-2,4-9,21,30H,3,10-15H2. The van der Waals surface area contributed by atoms with Crippen LogP contribution in [0.4, 0.5) is 4.39 Å². The van der Waals surface area contributed by atoms with Crippen LogP contribution in [0.5, 0.6) is 0 Å². The molecule has 6 nitrogen and oxygen atoms in total. The quantitative estimate of drug-likeness (QED) is 0.639. The van der Waals surface area contributed by atoms with Crippen LogP contribution >= 0.6 is 11.6 Å². The van der Waals surface area contributed by atoms with Gasteiger partial charge in [-0.25, -0.2) is 4.39 Å². The summed E-state index contributed by atoms with van der Waals surface area (Å²) in [4.78, 5) is 29.9. The van der Waals surface area contributed by atoms with Crippen LogP contribution in [0.2, 0.25) is 5.02 Å². The minimum atomic E-state index is -1.00. The van der Waals surface area contributed by atoms with Gasteiger partial charge in [-0.15, -0.1) is 0 Å². The zero-order valence-electron chi connectivity index (χ0n) is 17.5. The number of ether oxygens (including phenoxy) is 1. The summed E-state index contributed by atoms with van der Waals surface area (Å²) >= 11 is 5.92. The van der Waals surface area contributed by atoms with Gasteiger partial charge in [0, 0.05) is 42.3 Å². The molecule has 0 saturated carbocycles. The fourth-order valence-electron chi connectivity index (χ4n) is 4.18. The van der Waals surface area contributed by atoms with Gasteiger partial charge in [0.2, 0.25) is 0 Å². The number of hydrogen-bond donors (Lipinski definition) is 1. The molecule has 0 spiro atoms. The average Bonchev–Trinajstić information content (AvgIpc) is 3.05. The van der Waals surface area contributed by atoms with Crippen molar-refractivity contribution in [3.05, 3.63) is 81.8 Å². The number of ketones is 1. The molecule has 1 unspecified atom stereocenters. The summed E-state index contributed by atoms with van der Waals surface area (Å²) in [5, 5.41) is 11.1. The number of nitrogens with zero attached hydrogens (tertiary/aromatic N) is 2. The van der Waals surface area contributed by atoms with Gasteiger partial charge in [-0.05, 0) is 36.8 Å². The summed E-state index contributed by atoms with van der Waals surface area (Å²) in [6.07, 6.45) is 0.617. The minimum Gasteiger partial charge on any atom is -0.503 e. The number of carbonyl (C=O) groups is 2. The number of carbonyl (C=O) groups excluding carboxylic acids is 2. The third kappa shape index (κ3) is 4.55. The monoisotopic (exact) mass is 458 g/mol. The van der Waals surface area contributed by atoms with E-state index in [1.165, 1.54) is 29.2 Å². The van der Waals surface area contributed by atoms with Crippen LogP contribution in [-0.2, 0) is 9.53 Å². The van der Waals surface area contributed by atoms with E-state index in [0.29, 0.717) is 24.7 Å². The Balaban J connectivity index is 1.63. The molecule has 32 heavy (non-hydrogen) atoms. The lowest BCUT2D eigenvalue weighted by Crippen LogP contribution is -2.39. The van der Waals surface area contributed by atoms with E-state index in [1.807, 2.05) is 0 Å². The predicted molar refractivity (Wildman–Crippen MR) is 118 cm³/mol. The van der Waals surface area contributed by atoms with Crippen LogP contribution in [0.25, 0.3) is 0 Å². The molecule has 4 rings (SSSR count). The number of aliphatic hydroxyl groups is 1. The van der Waals surface area contributed by atoms with E-state index in [2.05, 4.69) is 4.90 Å². The van der Waals surface area contributed by atoms with Crippen LogP contribution in [0.15, 0.2) is 59.9 Å². The number of morpholine rings is 1. The maximum absolute atomic E-state index is 14.8. The number of aliphatic hydroxyl groups excluding tert-OH is 1. The second kappa shape index (κ2) is 9.81. The lowest BCUT2D eigenvalue weighted by atomic mass is 9.92. The van der Waals surface area contributed by atoms with E-state index in [4.69, 9.17) is 16.3 Å². The van der Waals surface area contributed by atoms with Crippen molar-refractivity contribution in [1.82, 2.24) is 9.80 Å². The van der Waals surface area contributed by atoms with E-state index in [1.54, 1.807) is 24.3 Å². The fraction of sp³-hybridized carbons (Fsp3) is 0.333. The van der Waals surface area contributed by atoms with Crippen molar-refractivity contribution >= 4 is 23.3 Å². The Kier molecular flexibility index (Phi) is 6.89. The Hall–Kier alpha value is -2.74. The number of hydrogen-bond acceptors (Lipinski definition) is 5. The zero-order valence-corrected chi connectivity index (χ0v) is 18.2. The third-order valence-corrected chi connectivity index (χ3v) is 6.08. The molecule has 0 aromatic heterocycles. The van der Waals surface area contributed by atoms with Crippen LogP contribution in [0.1, 0.15) is 28.4 Å². The van der Waals surface area contributed by atoms with Gasteiger partial charge >= 0.3 is 0 Å². The Morgan fingerprint density at radius 1 is 1.09 bits per heavy atom. The normalized spacial score (nSPS) is 19.6. The van der Waals surface area contributed by atoms with Gasteiger partial charge in [0.15, 0.2) is 11.5 Å². The van der Waals surface area contributed by atoms with Crippen molar-refractivity contribution in [2.75, 3.05) is 39.4 Å². The molecule has 1 atom stereocenters. The summed E-state index contributed by atoms with van der Waals surface area (Å²) in [6, 6.07) is 11.2. The van der Waals surface area contributed by atoms with Gasteiger partial charge in [-0.2, -0.15) is 0 Å². The Bertz CT molecular complexity index is 1030. The van der Waals surface area contributed by atoms with E-state index in [9.17, 15) is 19.1 Å². The summed E-state index contributed by atoms with van der Waals surface area (Å²) in [6.45, 7) is 3.98. The molecule has 0 bridgehead atoms. The molecule has 2 aliphatic heterocycles. The first-order valence-electron chi connectivity index (χ1n) is 10.6. The highest BCUT2D eigenvalue weighted by atomic mass is 35.5. The molecule has 8 heteroatoms. The number of amides is 1. The molecule has 168 valence electrons. The first kappa shape index (κ1) is 22.5. The Labute approximate surface area is 190 Å².